The summed E-state index contributed by atoms with van der Waals surface area (Å²) in [7, 11) is 0. The molecular weight excluding hydrogens is 274 g/mol. The highest BCUT2D eigenvalue weighted by molar-refractivity contribution is 5.90. The molecule has 2 rings (SSSR count). The number of amides is 1. The van der Waals surface area contributed by atoms with Crippen molar-refractivity contribution in [2.24, 2.45) is 0 Å². The van der Waals surface area contributed by atoms with Crippen molar-refractivity contribution in [3.63, 3.8) is 0 Å². The molecule has 0 bridgehead atoms. The van der Waals surface area contributed by atoms with Gasteiger partial charge in [-0.2, -0.15) is 5.26 Å². The van der Waals surface area contributed by atoms with E-state index in [1.54, 1.807) is 13.0 Å². The monoisotopic (exact) mass is 285 g/mol. The summed E-state index contributed by atoms with van der Waals surface area (Å²) in [5.41, 5.74) is 0.539. The van der Waals surface area contributed by atoms with Crippen molar-refractivity contribution in [2.75, 3.05) is 5.32 Å². The molecule has 106 valence electrons. The molecule has 0 saturated carbocycles. The second kappa shape index (κ2) is 5.88. The summed E-state index contributed by atoms with van der Waals surface area (Å²) in [5.74, 6) is 0.0407. The fourth-order valence-electron chi connectivity index (χ4n) is 1.70. The van der Waals surface area contributed by atoms with Gasteiger partial charge in [0, 0.05) is 30.2 Å². The standard InChI is InChI=1S/C14H11N3O4/c1-2-13(18)16-14-10(8-15)7-12(21-14)9-4-3-5-11(6-9)17(19)20/h3-7H,2H2,1H3,(H,16,18). The number of carbonyl (C=O) groups is 1. The number of nitriles is 1. The summed E-state index contributed by atoms with van der Waals surface area (Å²) in [6.07, 6.45) is 0.248. The Labute approximate surface area is 119 Å². The highest BCUT2D eigenvalue weighted by Gasteiger charge is 2.16. The molecule has 1 aromatic heterocycles. The molecule has 0 radical (unpaired) electrons. The van der Waals surface area contributed by atoms with Gasteiger partial charge in [-0.3, -0.25) is 20.2 Å². The maximum atomic E-state index is 11.4. The Kier molecular flexibility index (Phi) is 4.00. The Bertz CT molecular complexity index is 743. The SMILES string of the molecule is CCC(=O)Nc1oc(-c2cccc([N+](=O)[O-])c2)cc1C#N. The fourth-order valence-corrected chi connectivity index (χ4v) is 1.70. The summed E-state index contributed by atoms with van der Waals surface area (Å²) in [5, 5.41) is 22.3. The van der Waals surface area contributed by atoms with Crippen molar-refractivity contribution in [1.29, 1.82) is 5.26 Å². The van der Waals surface area contributed by atoms with E-state index in [4.69, 9.17) is 9.68 Å². The normalized spacial score (nSPS) is 9.90. The lowest BCUT2D eigenvalue weighted by Crippen LogP contribution is -2.09. The molecular formula is C14H11N3O4. The lowest BCUT2D eigenvalue weighted by atomic mass is 10.1. The number of carbonyl (C=O) groups excluding carboxylic acids is 1. The third kappa shape index (κ3) is 3.06. The molecule has 1 amide bonds. The molecule has 0 fully saturated rings. The fraction of sp³-hybridized carbons (Fsp3) is 0.143. The minimum atomic E-state index is -0.516. The number of benzene rings is 1. The van der Waals surface area contributed by atoms with Crippen molar-refractivity contribution in [1.82, 2.24) is 0 Å². The third-order valence-corrected chi connectivity index (χ3v) is 2.77. The van der Waals surface area contributed by atoms with E-state index < -0.39 is 4.92 Å². The number of nitro benzene ring substituents is 1. The van der Waals surface area contributed by atoms with Crippen LogP contribution >= 0.6 is 0 Å². The summed E-state index contributed by atoms with van der Waals surface area (Å²) in [4.78, 5) is 21.6. The van der Waals surface area contributed by atoms with E-state index in [9.17, 15) is 14.9 Å². The van der Waals surface area contributed by atoms with Crippen molar-refractivity contribution in [3.8, 4) is 17.4 Å². The zero-order valence-electron chi connectivity index (χ0n) is 11.1. The van der Waals surface area contributed by atoms with E-state index >= 15 is 0 Å². The Morgan fingerprint density at radius 2 is 2.24 bits per heavy atom. The van der Waals surface area contributed by atoms with Crippen LogP contribution in [-0.4, -0.2) is 10.8 Å². The van der Waals surface area contributed by atoms with Gasteiger partial charge in [0.25, 0.3) is 5.69 Å². The molecule has 0 saturated heterocycles. The lowest BCUT2D eigenvalue weighted by Gasteiger charge is -1.99. The summed E-state index contributed by atoms with van der Waals surface area (Å²) < 4.78 is 5.42. The first-order valence-corrected chi connectivity index (χ1v) is 6.13. The van der Waals surface area contributed by atoms with E-state index in [-0.39, 0.29) is 35.2 Å². The van der Waals surface area contributed by atoms with Crippen molar-refractivity contribution in [2.45, 2.75) is 13.3 Å². The molecule has 7 nitrogen and oxygen atoms in total. The van der Waals surface area contributed by atoms with E-state index in [2.05, 4.69) is 5.32 Å². The highest BCUT2D eigenvalue weighted by atomic mass is 16.6. The van der Waals surface area contributed by atoms with Crippen molar-refractivity contribution >= 4 is 17.5 Å². The molecule has 1 N–H and O–H groups in total. The van der Waals surface area contributed by atoms with Gasteiger partial charge < -0.3 is 4.42 Å². The Morgan fingerprint density at radius 3 is 2.86 bits per heavy atom. The van der Waals surface area contributed by atoms with Gasteiger partial charge in [-0.15, -0.1) is 0 Å². The van der Waals surface area contributed by atoms with Crippen LogP contribution in [0.25, 0.3) is 11.3 Å². The second-order valence-corrected chi connectivity index (χ2v) is 4.17. The average Bonchev–Trinajstić information content (AvgIpc) is 2.90. The van der Waals surface area contributed by atoms with Crippen LogP contribution < -0.4 is 5.32 Å². The molecule has 0 unspecified atom stereocenters. The van der Waals surface area contributed by atoms with Gasteiger partial charge in [0.15, 0.2) is 0 Å². The van der Waals surface area contributed by atoms with E-state index in [0.29, 0.717) is 5.56 Å². The molecule has 0 aliphatic heterocycles. The minimum Gasteiger partial charge on any atom is -0.439 e. The number of hydrogen-bond acceptors (Lipinski definition) is 5. The first-order chi connectivity index (χ1) is 10.0. The molecule has 0 spiro atoms. The van der Waals surface area contributed by atoms with Gasteiger partial charge in [-0.25, -0.2) is 0 Å². The maximum Gasteiger partial charge on any atom is 0.270 e. The summed E-state index contributed by atoms with van der Waals surface area (Å²) in [6.45, 7) is 1.67. The van der Waals surface area contributed by atoms with Crippen LogP contribution in [0.2, 0.25) is 0 Å². The number of furan rings is 1. The first-order valence-electron chi connectivity index (χ1n) is 6.13. The van der Waals surface area contributed by atoms with E-state index in [1.165, 1.54) is 24.3 Å². The van der Waals surface area contributed by atoms with Gasteiger partial charge in [0.05, 0.1) is 4.92 Å². The molecule has 0 atom stereocenters. The number of anilines is 1. The number of non-ortho nitro benzene ring substituents is 1. The van der Waals surface area contributed by atoms with E-state index in [0.717, 1.165) is 0 Å². The van der Waals surface area contributed by atoms with Crippen LogP contribution in [0.5, 0.6) is 0 Å². The average molecular weight is 285 g/mol. The predicted octanol–water partition coefficient (Wildman–Crippen LogP) is 3.07. The first kappa shape index (κ1) is 14.3. The molecule has 0 aliphatic carbocycles. The molecule has 7 heteroatoms. The van der Waals surface area contributed by atoms with Crippen LogP contribution in [-0.2, 0) is 4.79 Å². The number of nitro groups is 1. The van der Waals surface area contributed by atoms with Gasteiger partial charge >= 0.3 is 0 Å². The van der Waals surface area contributed by atoms with Gasteiger partial charge in [-0.1, -0.05) is 19.1 Å². The predicted molar refractivity (Wildman–Crippen MR) is 74.4 cm³/mol. The van der Waals surface area contributed by atoms with Crippen LogP contribution in [0.3, 0.4) is 0 Å². The van der Waals surface area contributed by atoms with Crippen LogP contribution in [0.1, 0.15) is 18.9 Å². The topological polar surface area (TPSA) is 109 Å². The van der Waals surface area contributed by atoms with Gasteiger partial charge in [0.1, 0.15) is 17.4 Å². The van der Waals surface area contributed by atoms with Crippen LogP contribution in [0.15, 0.2) is 34.7 Å². The van der Waals surface area contributed by atoms with Gasteiger partial charge in [-0.05, 0) is 0 Å². The zero-order valence-corrected chi connectivity index (χ0v) is 11.1. The molecule has 0 aliphatic rings. The quantitative estimate of drug-likeness (QED) is 0.685. The van der Waals surface area contributed by atoms with Gasteiger partial charge in [0.2, 0.25) is 11.8 Å². The van der Waals surface area contributed by atoms with Crippen LogP contribution in [0, 0.1) is 21.4 Å². The highest BCUT2D eigenvalue weighted by Crippen LogP contribution is 2.30. The number of rotatable bonds is 4. The van der Waals surface area contributed by atoms with E-state index in [1.807, 2.05) is 6.07 Å². The molecule has 2 aromatic rings. The number of hydrogen-bond donors (Lipinski definition) is 1. The second-order valence-electron chi connectivity index (χ2n) is 4.17. The Morgan fingerprint density at radius 1 is 1.48 bits per heavy atom. The van der Waals surface area contributed by atoms with Crippen molar-refractivity contribution < 1.29 is 14.1 Å². The summed E-state index contributed by atoms with van der Waals surface area (Å²) in [6, 6.07) is 9.19. The lowest BCUT2D eigenvalue weighted by molar-refractivity contribution is -0.384. The Balaban J connectivity index is 2.41. The van der Waals surface area contributed by atoms with Crippen molar-refractivity contribution in [3.05, 3.63) is 46.0 Å². The summed E-state index contributed by atoms with van der Waals surface area (Å²) >= 11 is 0. The Hall–Kier alpha value is -3.14. The number of nitrogens with zero attached hydrogens (tertiary/aromatic N) is 2. The zero-order chi connectivity index (χ0) is 15.4. The minimum absolute atomic E-state index is 0.0471. The maximum absolute atomic E-state index is 11.4. The largest absolute Gasteiger partial charge is 0.439 e. The molecule has 1 aromatic carbocycles. The van der Waals surface area contributed by atoms with Crippen LogP contribution in [0.4, 0.5) is 11.6 Å². The molecule has 1 heterocycles. The number of nitrogens with one attached hydrogen (secondary N) is 1. The molecule has 21 heavy (non-hydrogen) atoms. The third-order valence-electron chi connectivity index (χ3n) is 2.77. The smallest absolute Gasteiger partial charge is 0.270 e.